The molecule has 316 valence electrons. The summed E-state index contributed by atoms with van der Waals surface area (Å²) in [6.45, 7) is 3.75. The third-order valence-corrected chi connectivity index (χ3v) is 11.2. The zero-order valence-electron chi connectivity index (χ0n) is 34.5. The van der Waals surface area contributed by atoms with Crippen molar-refractivity contribution in [2.24, 2.45) is 0 Å². The summed E-state index contributed by atoms with van der Waals surface area (Å²) in [7, 11) is 0. The number of unbranched alkanes of at least 4 members (excludes halogenated alkanes) is 28. The summed E-state index contributed by atoms with van der Waals surface area (Å²) in [5.74, 6) is -0.155. The van der Waals surface area contributed by atoms with Gasteiger partial charge in [0, 0.05) is 6.42 Å². The molecule has 1 heterocycles. The first-order valence-corrected chi connectivity index (χ1v) is 22.7. The van der Waals surface area contributed by atoms with E-state index in [9.17, 15) is 30.3 Å². The Morgan fingerprint density at radius 2 is 0.943 bits per heavy atom. The molecule has 53 heavy (non-hydrogen) atoms. The van der Waals surface area contributed by atoms with Crippen molar-refractivity contribution in [1.82, 2.24) is 5.32 Å². The number of hydrogen-bond acceptors (Lipinski definition) is 8. The van der Waals surface area contributed by atoms with E-state index in [1.54, 1.807) is 0 Å². The van der Waals surface area contributed by atoms with Crippen LogP contribution in [0.1, 0.15) is 219 Å². The van der Waals surface area contributed by atoms with Crippen LogP contribution in [0.15, 0.2) is 0 Å². The highest BCUT2D eigenvalue weighted by Crippen LogP contribution is 2.23. The first-order valence-electron chi connectivity index (χ1n) is 22.7. The second kappa shape index (κ2) is 35.6. The molecule has 0 aromatic rings. The predicted octanol–water partition coefficient (Wildman–Crippen LogP) is 9.17. The zero-order chi connectivity index (χ0) is 38.8. The fourth-order valence-corrected chi connectivity index (χ4v) is 7.51. The van der Waals surface area contributed by atoms with Crippen molar-refractivity contribution in [2.75, 3.05) is 13.2 Å². The minimum absolute atomic E-state index is 0.134. The summed E-state index contributed by atoms with van der Waals surface area (Å²) >= 11 is 0. The number of amides is 1. The van der Waals surface area contributed by atoms with E-state index in [0.717, 1.165) is 51.4 Å². The molecule has 0 bridgehead atoms. The van der Waals surface area contributed by atoms with Crippen LogP contribution in [0.5, 0.6) is 0 Å². The van der Waals surface area contributed by atoms with Crippen molar-refractivity contribution in [3.63, 3.8) is 0 Å². The Bertz CT molecular complexity index is 801. The van der Waals surface area contributed by atoms with E-state index in [1.807, 2.05) is 0 Å². The molecular formula is C44H87NO8. The average molecular weight is 758 g/mol. The predicted molar refractivity (Wildman–Crippen MR) is 217 cm³/mol. The summed E-state index contributed by atoms with van der Waals surface area (Å²) in [5.41, 5.74) is 0. The molecule has 0 aromatic carbocycles. The van der Waals surface area contributed by atoms with E-state index >= 15 is 0 Å². The average Bonchev–Trinajstić information content (AvgIpc) is 3.16. The van der Waals surface area contributed by atoms with E-state index in [2.05, 4.69) is 19.2 Å². The SMILES string of the molecule is CCCCCCCCCCCCCCCCCCCCCCCCCCCC(O)C(COC1OC(CO)C(O)C(O)C1O)NC(=O)CCCCCCC. The number of rotatable bonds is 38. The van der Waals surface area contributed by atoms with Gasteiger partial charge in [-0.05, 0) is 12.8 Å². The van der Waals surface area contributed by atoms with Crippen LogP contribution in [0.25, 0.3) is 0 Å². The Labute approximate surface area is 325 Å². The lowest BCUT2D eigenvalue weighted by Crippen LogP contribution is -2.60. The topological polar surface area (TPSA) is 149 Å². The number of hydrogen-bond donors (Lipinski definition) is 6. The number of aliphatic hydroxyl groups is 5. The number of ether oxygens (including phenoxy) is 2. The number of nitrogens with one attached hydrogen (secondary N) is 1. The summed E-state index contributed by atoms with van der Waals surface area (Å²) < 4.78 is 11.2. The molecule has 1 saturated heterocycles. The van der Waals surface area contributed by atoms with Crippen molar-refractivity contribution in [2.45, 2.75) is 262 Å². The molecule has 0 radical (unpaired) electrons. The minimum atomic E-state index is -1.55. The maximum atomic E-state index is 12.7. The van der Waals surface area contributed by atoms with E-state index in [4.69, 9.17) is 9.47 Å². The minimum Gasteiger partial charge on any atom is -0.394 e. The van der Waals surface area contributed by atoms with Crippen LogP contribution in [0.3, 0.4) is 0 Å². The standard InChI is InChI=1S/C44H87NO8/c1-3-5-7-9-10-11-12-13-14-15-16-17-18-19-20-21-22-23-24-25-26-27-28-30-31-33-38(47)37(45-40(48)34-32-29-8-6-4-2)36-52-44-43(51)42(50)41(49)39(35-46)53-44/h37-39,41-44,46-47,49-51H,3-36H2,1-2H3,(H,45,48). The Morgan fingerprint density at radius 3 is 1.34 bits per heavy atom. The van der Waals surface area contributed by atoms with Gasteiger partial charge in [0.1, 0.15) is 24.4 Å². The van der Waals surface area contributed by atoms with Gasteiger partial charge in [0.05, 0.1) is 25.4 Å². The number of carbonyl (C=O) groups is 1. The summed E-state index contributed by atoms with van der Waals surface area (Å²) in [6.07, 6.45) is 31.7. The van der Waals surface area contributed by atoms with Crippen LogP contribution in [-0.4, -0.2) is 87.5 Å². The normalized spacial score (nSPS) is 21.5. The highest BCUT2D eigenvalue weighted by Gasteiger charge is 2.44. The van der Waals surface area contributed by atoms with Crippen LogP contribution in [0, 0.1) is 0 Å². The Hall–Kier alpha value is -0.810. The van der Waals surface area contributed by atoms with Gasteiger partial charge in [-0.1, -0.05) is 200 Å². The molecule has 6 N–H and O–H groups in total. The molecule has 0 aromatic heterocycles. The van der Waals surface area contributed by atoms with Crippen molar-refractivity contribution in [3.05, 3.63) is 0 Å². The maximum Gasteiger partial charge on any atom is 0.220 e. The van der Waals surface area contributed by atoms with Crippen molar-refractivity contribution in [1.29, 1.82) is 0 Å². The quantitative estimate of drug-likeness (QED) is 0.0342. The Balaban J connectivity index is 2.12. The molecule has 1 amide bonds. The highest BCUT2D eigenvalue weighted by molar-refractivity contribution is 5.76. The third-order valence-electron chi connectivity index (χ3n) is 11.2. The van der Waals surface area contributed by atoms with Gasteiger partial charge in [-0.25, -0.2) is 0 Å². The smallest absolute Gasteiger partial charge is 0.220 e. The fraction of sp³-hybridized carbons (Fsp3) is 0.977. The van der Waals surface area contributed by atoms with Crippen molar-refractivity contribution < 1.29 is 39.8 Å². The van der Waals surface area contributed by atoms with Crippen LogP contribution in [0.4, 0.5) is 0 Å². The second-order valence-corrected chi connectivity index (χ2v) is 16.2. The molecule has 1 rings (SSSR count). The van der Waals surface area contributed by atoms with E-state index in [1.165, 1.54) is 141 Å². The second-order valence-electron chi connectivity index (χ2n) is 16.2. The molecule has 9 nitrogen and oxygen atoms in total. The van der Waals surface area contributed by atoms with Crippen molar-refractivity contribution in [3.8, 4) is 0 Å². The van der Waals surface area contributed by atoms with E-state index in [0.29, 0.717) is 12.8 Å². The van der Waals surface area contributed by atoms with Gasteiger partial charge in [-0.15, -0.1) is 0 Å². The van der Waals surface area contributed by atoms with Crippen LogP contribution < -0.4 is 5.32 Å². The Kier molecular flexibility index (Phi) is 33.7. The van der Waals surface area contributed by atoms with Gasteiger partial charge in [0.25, 0.3) is 0 Å². The van der Waals surface area contributed by atoms with E-state index in [-0.39, 0.29) is 12.5 Å². The van der Waals surface area contributed by atoms with Crippen LogP contribution in [-0.2, 0) is 14.3 Å². The molecule has 0 spiro atoms. The molecule has 7 unspecified atom stereocenters. The Morgan fingerprint density at radius 1 is 0.566 bits per heavy atom. The molecule has 9 heteroatoms. The number of aliphatic hydroxyl groups excluding tert-OH is 5. The van der Waals surface area contributed by atoms with E-state index < -0.39 is 49.5 Å². The van der Waals surface area contributed by atoms with Gasteiger partial charge in [0.2, 0.25) is 5.91 Å². The molecule has 1 fully saturated rings. The summed E-state index contributed by atoms with van der Waals surface area (Å²) in [6, 6.07) is -0.708. The molecule has 7 atom stereocenters. The monoisotopic (exact) mass is 758 g/mol. The fourth-order valence-electron chi connectivity index (χ4n) is 7.51. The molecule has 1 aliphatic heterocycles. The van der Waals surface area contributed by atoms with Gasteiger partial charge in [-0.3, -0.25) is 4.79 Å². The molecule has 0 saturated carbocycles. The van der Waals surface area contributed by atoms with Gasteiger partial charge in [-0.2, -0.15) is 0 Å². The van der Waals surface area contributed by atoms with Gasteiger partial charge in [0.15, 0.2) is 6.29 Å². The van der Waals surface area contributed by atoms with Gasteiger partial charge < -0.3 is 40.3 Å². The highest BCUT2D eigenvalue weighted by atomic mass is 16.7. The van der Waals surface area contributed by atoms with Crippen LogP contribution >= 0.6 is 0 Å². The zero-order valence-corrected chi connectivity index (χ0v) is 34.5. The summed E-state index contributed by atoms with van der Waals surface area (Å²) in [4.78, 5) is 12.7. The lowest BCUT2D eigenvalue weighted by Gasteiger charge is -2.40. The molecule has 1 aliphatic rings. The lowest BCUT2D eigenvalue weighted by atomic mass is 9.99. The molecule has 0 aliphatic carbocycles. The summed E-state index contributed by atoms with van der Waals surface area (Å²) in [5, 5.41) is 54.0. The molecular weight excluding hydrogens is 670 g/mol. The van der Waals surface area contributed by atoms with Crippen molar-refractivity contribution >= 4 is 5.91 Å². The number of carbonyl (C=O) groups excluding carboxylic acids is 1. The first-order chi connectivity index (χ1) is 25.8. The third kappa shape index (κ3) is 26.6. The van der Waals surface area contributed by atoms with Gasteiger partial charge >= 0.3 is 0 Å². The largest absolute Gasteiger partial charge is 0.394 e. The lowest BCUT2D eigenvalue weighted by molar-refractivity contribution is -0.302. The first kappa shape index (κ1) is 50.2. The maximum absolute atomic E-state index is 12.7. The van der Waals surface area contributed by atoms with Crippen LogP contribution in [0.2, 0.25) is 0 Å².